The number of para-hydroxylation sites is 1. The summed E-state index contributed by atoms with van der Waals surface area (Å²) in [6.07, 6.45) is 0. The number of nitrogens with two attached hydrogens (primary N) is 1. The summed E-state index contributed by atoms with van der Waals surface area (Å²) in [5, 5.41) is 19.7. The lowest BCUT2D eigenvalue weighted by Gasteiger charge is -2.24. The van der Waals surface area contributed by atoms with Crippen LogP contribution in [0.3, 0.4) is 0 Å². The number of amides is 1. The van der Waals surface area contributed by atoms with Crippen molar-refractivity contribution in [1.29, 1.82) is 0 Å². The van der Waals surface area contributed by atoms with E-state index in [2.05, 4.69) is 0 Å². The van der Waals surface area contributed by atoms with Gasteiger partial charge in [0, 0.05) is 7.05 Å². The molecule has 0 radical (unpaired) electrons. The van der Waals surface area contributed by atoms with Gasteiger partial charge in [-0.2, -0.15) is 0 Å². The Morgan fingerprint density at radius 2 is 1.47 bits per heavy atom. The van der Waals surface area contributed by atoms with Crippen LogP contribution < -0.4 is 20.1 Å². The van der Waals surface area contributed by atoms with Crippen molar-refractivity contribution in [3.8, 4) is 11.5 Å². The SMILES string of the molecule is COc1cccc(OC)c1N(C)/C(O)=C(\C(N)=O)S(=O)(=O)c1ccc(C(=O)O)cc1. The second kappa shape index (κ2) is 8.74. The number of ether oxygens (including phenoxy) is 2. The minimum absolute atomic E-state index is 0.148. The summed E-state index contributed by atoms with van der Waals surface area (Å²) in [5.74, 6) is -3.16. The topological polar surface area (TPSA) is 156 Å². The number of carbonyl (C=O) groups excluding carboxylic acids is 1. The second-order valence-electron chi connectivity index (χ2n) is 5.92. The number of aliphatic hydroxyl groups excluding tert-OH is 1. The number of sulfone groups is 1. The maximum atomic E-state index is 13.0. The maximum Gasteiger partial charge on any atom is 0.335 e. The van der Waals surface area contributed by atoms with Crippen LogP contribution in [0.4, 0.5) is 5.69 Å². The number of primary amides is 1. The molecule has 10 nitrogen and oxygen atoms in total. The highest BCUT2D eigenvalue weighted by atomic mass is 32.2. The number of carboxylic acid groups (broad SMARTS) is 1. The van der Waals surface area contributed by atoms with Gasteiger partial charge in [0.25, 0.3) is 5.91 Å². The smallest absolute Gasteiger partial charge is 0.335 e. The zero-order valence-electron chi connectivity index (χ0n) is 16.3. The van der Waals surface area contributed by atoms with E-state index in [4.69, 9.17) is 20.3 Å². The lowest BCUT2D eigenvalue weighted by molar-refractivity contribution is -0.114. The molecule has 160 valence electrons. The first-order chi connectivity index (χ1) is 14.1. The van der Waals surface area contributed by atoms with E-state index in [0.717, 1.165) is 29.2 Å². The van der Waals surface area contributed by atoms with Crippen LogP contribution in [0.2, 0.25) is 0 Å². The van der Waals surface area contributed by atoms with Crippen molar-refractivity contribution in [1.82, 2.24) is 0 Å². The summed E-state index contributed by atoms with van der Waals surface area (Å²) >= 11 is 0. The highest BCUT2D eigenvalue weighted by Gasteiger charge is 2.33. The number of hydrogen-bond donors (Lipinski definition) is 3. The molecule has 0 atom stereocenters. The summed E-state index contributed by atoms with van der Waals surface area (Å²) < 4.78 is 36.4. The molecule has 0 aromatic heterocycles. The normalized spacial score (nSPS) is 12.0. The van der Waals surface area contributed by atoms with Gasteiger partial charge in [-0.25, -0.2) is 13.2 Å². The molecule has 1 amide bonds. The van der Waals surface area contributed by atoms with E-state index < -0.39 is 37.4 Å². The van der Waals surface area contributed by atoms with Crippen LogP contribution >= 0.6 is 0 Å². The van der Waals surface area contributed by atoms with Gasteiger partial charge in [-0.3, -0.25) is 4.79 Å². The van der Waals surface area contributed by atoms with Crippen LogP contribution in [0.15, 0.2) is 58.1 Å². The third-order valence-corrected chi connectivity index (χ3v) is 5.98. The van der Waals surface area contributed by atoms with Crippen LogP contribution in [-0.4, -0.2) is 51.8 Å². The molecular formula is C19H20N2O8S. The van der Waals surface area contributed by atoms with Crippen molar-refractivity contribution in [2.75, 3.05) is 26.2 Å². The van der Waals surface area contributed by atoms with Crippen LogP contribution in [0.1, 0.15) is 10.4 Å². The molecule has 0 unspecified atom stereocenters. The van der Waals surface area contributed by atoms with Crippen LogP contribution in [0, 0.1) is 0 Å². The molecule has 0 aliphatic heterocycles. The number of rotatable bonds is 8. The van der Waals surface area contributed by atoms with Gasteiger partial charge in [-0.1, -0.05) is 6.07 Å². The Labute approximate surface area is 172 Å². The molecule has 0 saturated carbocycles. The Morgan fingerprint density at radius 1 is 0.967 bits per heavy atom. The minimum Gasteiger partial charge on any atom is -0.494 e. The van der Waals surface area contributed by atoms with E-state index in [9.17, 15) is 23.1 Å². The Kier molecular flexibility index (Phi) is 6.57. The number of carboxylic acids is 1. The molecule has 2 rings (SSSR count). The quantitative estimate of drug-likeness (QED) is 0.412. The highest BCUT2D eigenvalue weighted by Crippen LogP contribution is 2.39. The van der Waals surface area contributed by atoms with Gasteiger partial charge in [-0.15, -0.1) is 0 Å². The van der Waals surface area contributed by atoms with Crippen molar-refractivity contribution in [3.05, 3.63) is 58.8 Å². The number of aromatic carboxylic acids is 1. The van der Waals surface area contributed by atoms with Crippen LogP contribution in [0.25, 0.3) is 0 Å². The molecule has 0 bridgehead atoms. The third-order valence-electron chi connectivity index (χ3n) is 4.16. The van der Waals surface area contributed by atoms with Crippen molar-refractivity contribution in [3.63, 3.8) is 0 Å². The number of benzene rings is 2. The molecule has 2 aromatic carbocycles. The zero-order chi connectivity index (χ0) is 22.6. The fourth-order valence-electron chi connectivity index (χ4n) is 2.68. The summed E-state index contributed by atoms with van der Waals surface area (Å²) in [7, 11) is -0.575. The van der Waals surface area contributed by atoms with Gasteiger partial charge in [-0.05, 0) is 36.4 Å². The predicted molar refractivity (Wildman–Crippen MR) is 107 cm³/mol. The highest BCUT2D eigenvalue weighted by molar-refractivity contribution is 7.96. The largest absolute Gasteiger partial charge is 0.494 e. The number of hydrogen-bond acceptors (Lipinski definition) is 8. The first-order valence-electron chi connectivity index (χ1n) is 8.32. The van der Waals surface area contributed by atoms with E-state index >= 15 is 0 Å². The van der Waals surface area contributed by atoms with E-state index in [0.29, 0.717) is 0 Å². The summed E-state index contributed by atoms with van der Waals surface area (Å²) in [6.45, 7) is 0. The summed E-state index contributed by atoms with van der Waals surface area (Å²) in [4.78, 5) is 22.5. The molecule has 30 heavy (non-hydrogen) atoms. The average Bonchev–Trinajstić information content (AvgIpc) is 2.71. The lowest BCUT2D eigenvalue weighted by atomic mass is 10.2. The fraction of sp³-hybridized carbons (Fsp3) is 0.158. The molecule has 4 N–H and O–H groups in total. The number of anilines is 1. The first-order valence-corrected chi connectivity index (χ1v) is 9.80. The van der Waals surface area contributed by atoms with Crippen molar-refractivity contribution in [2.24, 2.45) is 5.73 Å². The number of aliphatic hydroxyl groups is 1. The lowest BCUT2D eigenvalue weighted by Crippen LogP contribution is -2.29. The molecule has 11 heteroatoms. The molecule has 0 saturated heterocycles. The Morgan fingerprint density at radius 3 is 1.87 bits per heavy atom. The van der Waals surface area contributed by atoms with E-state index in [1.807, 2.05) is 0 Å². The molecule has 0 heterocycles. The molecule has 0 spiro atoms. The van der Waals surface area contributed by atoms with E-state index in [1.165, 1.54) is 21.3 Å². The van der Waals surface area contributed by atoms with Gasteiger partial charge < -0.3 is 30.3 Å². The number of nitrogens with zero attached hydrogens (tertiary/aromatic N) is 1. The van der Waals surface area contributed by atoms with Crippen molar-refractivity contribution in [2.45, 2.75) is 4.90 Å². The molecule has 0 aliphatic carbocycles. The molecular weight excluding hydrogens is 416 g/mol. The van der Waals surface area contributed by atoms with Gasteiger partial charge in [0.15, 0.2) is 4.91 Å². The number of carbonyl (C=O) groups is 2. The second-order valence-corrected chi connectivity index (χ2v) is 7.81. The Balaban J connectivity index is 2.68. The molecule has 0 aliphatic rings. The minimum atomic E-state index is -4.60. The zero-order valence-corrected chi connectivity index (χ0v) is 17.1. The van der Waals surface area contributed by atoms with Crippen molar-refractivity contribution >= 4 is 27.4 Å². The summed E-state index contributed by atoms with van der Waals surface area (Å²) in [5.41, 5.74) is 5.27. The Bertz CT molecular complexity index is 1090. The standard InChI is InChI=1S/C19H20N2O8S/c1-21(15-13(28-2)5-4-6-14(15)29-3)18(23)16(17(20)22)30(26,27)12-9-7-11(8-10-12)19(24)25/h4-10,23H,1-3H3,(H2,20,22)(H,24,25)/b18-16-. The maximum absolute atomic E-state index is 13.0. The van der Waals surface area contributed by atoms with Crippen LogP contribution in [-0.2, 0) is 14.6 Å². The van der Waals surface area contributed by atoms with Gasteiger partial charge >= 0.3 is 5.97 Å². The predicted octanol–water partition coefficient (Wildman–Crippen LogP) is 1.52. The summed E-state index contributed by atoms with van der Waals surface area (Å²) in [6, 6.07) is 8.81. The molecule has 2 aromatic rings. The first kappa shape index (κ1) is 22.6. The monoisotopic (exact) mass is 436 g/mol. The van der Waals surface area contributed by atoms with E-state index in [1.54, 1.807) is 18.2 Å². The third kappa shape index (κ3) is 4.15. The molecule has 0 fully saturated rings. The van der Waals surface area contributed by atoms with Crippen LogP contribution in [0.5, 0.6) is 11.5 Å². The average molecular weight is 436 g/mol. The van der Waals surface area contributed by atoms with Crippen molar-refractivity contribution < 1.29 is 37.7 Å². The number of methoxy groups -OCH3 is 2. The Hall–Kier alpha value is -3.73. The fourth-order valence-corrected chi connectivity index (χ4v) is 4.05. The van der Waals surface area contributed by atoms with Gasteiger partial charge in [0.2, 0.25) is 15.7 Å². The van der Waals surface area contributed by atoms with Gasteiger partial charge in [0.05, 0.1) is 24.7 Å². The van der Waals surface area contributed by atoms with E-state index in [-0.39, 0.29) is 22.7 Å². The van der Waals surface area contributed by atoms with Gasteiger partial charge in [0.1, 0.15) is 17.2 Å².